The zero-order valence-electron chi connectivity index (χ0n) is 10.3. The van der Waals surface area contributed by atoms with Gasteiger partial charge in [-0.3, -0.25) is 0 Å². The largest absolute Gasteiger partial charge is 0.393 e. The summed E-state index contributed by atoms with van der Waals surface area (Å²) < 4.78 is 0. The van der Waals surface area contributed by atoms with Gasteiger partial charge in [-0.15, -0.1) is 0 Å². The molecule has 4 nitrogen and oxygen atoms in total. The molecule has 16 heavy (non-hydrogen) atoms. The molecule has 1 aromatic heterocycles. The number of nitrogens with zero attached hydrogens (tertiary/aromatic N) is 2. The Morgan fingerprint density at radius 3 is 2.56 bits per heavy atom. The lowest BCUT2D eigenvalue weighted by Gasteiger charge is -2.31. The van der Waals surface area contributed by atoms with Crippen LogP contribution in [-0.4, -0.2) is 27.7 Å². The Labute approximate surface area is 97.1 Å². The third kappa shape index (κ3) is 3.54. The summed E-state index contributed by atoms with van der Waals surface area (Å²) in [7, 11) is 0. The van der Waals surface area contributed by atoms with E-state index in [0.717, 1.165) is 25.1 Å². The smallest absolute Gasteiger partial charge is 0.115 e. The van der Waals surface area contributed by atoms with Gasteiger partial charge in [-0.05, 0) is 13.3 Å². The van der Waals surface area contributed by atoms with Crippen molar-refractivity contribution in [3.8, 4) is 0 Å². The molecule has 0 bridgehead atoms. The van der Waals surface area contributed by atoms with Crippen LogP contribution >= 0.6 is 0 Å². The minimum atomic E-state index is -0.308. The molecular formula is C12H21N3O. The molecule has 0 amide bonds. The number of hydrogen-bond acceptors (Lipinski definition) is 4. The Morgan fingerprint density at radius 1 is 1.44 bits per heavy atom. The van der Waals surface area contributed by atoms with E-state index < -0.39 is 0 Å². The van der Waals surface area contributed by atoms with E-state index in [1.54, 1.807) is 12.4 Å². The summed E-state index contributed by atoms with van der Waals surface area (Å²) in [6.45, 7) is 7.56. The van der Waals surface area contributed by atoms with Crippen molar-refractivity contribution in [1.82, 2.24) is 15.3 Å². The molecule has 0 saturated heterocycles. The maximum atomic E-state index is 9.70. The van der Waals surface area contributed by atoms with E-state index >= 15 is 0 Å². The predicted octanol–water partition coefficient (Wildman–Crippen LogP) is 1.36. The number of rotatable bonds is 6. The van der Waals surface area contributed by atoms with Crippen LogP contribution in [0.3, 0.4) is 0 Å². The molecule has 0 aliphatic heterocycles. The predicted molar refractivity (Wildman–Crippen MR) is 63.8 cm³/mol. The van der Waals surface area contributed by atoms with Crippen molar-refractivity contribution in [3.63, 3.8) is 0 Å². The standard InChI is InChI=1S/C12H21N3O/c1-4-12(3,10(2)16)8-13-5-11-6-14-9-15-7-11/h6-7,9-10,13,16H,4-5,8H2,1-3H3. The fourth-order valence-electron chi connectivity index (χ4n) is 1.48. The van der Waals surface area contributed by atoms with Gasteiger partial charge in [0.15, 0.2) is 0 Å². The van der Waals surface area contributed by atoms with Crippen LogP contribution in [0.4, 0.5) is 0 Å². The molecule has 0 radical (unpaired) electrons. The highest BCUT2D eigenvalue weighted by Gasteiger charge is 2.27. The van der Waals surface area contributed by atoms with E-state index in [0.29, 0.717) is 0 Å². The lowest BCUT2D eigenvalue weighted by Crippen LogP contribution is -2.39. The zero-order chi connectivity index (χ0) is 12.0. The van der Waals surface area contributed by atoms with Gasteiger partial charge in [0.1, 0.15) is 6.33 Å². The molecule has 0 saturated carbocycles. The van der Waals surface area contributed by atoms with Gasteiger partial charge >= 0.3 is 0 Å². The molecule has 2 unspecified atom stereocenters. The van der Waals surface area contributed by atoms with Gasteiger partial charge in [0.25, 0.3) is 0 Å². The molecule has 0 fully saturated rings. The van der Waals surface area contributed by atoms with E-state index in [2.05, 4.69) is 29.1 Å². The van der Waals surface area contributed by atoms with Gasteiger partial charge in [0.2, 0.25) is 0 Å². The first-order chi connectivity index (χ1) is 7.58. The molecule has 1 rings (SSSR count). The quantitative estimate of drug-likeness (QED) is 0.764. The third-order valence-electron chi connectivity index (χ3n) is 3.29. The van der Waals surface area contributed by atoms with E-state index in [1.807, 2.05) is 6.92 Å². The summed E-state index contributed by atoms with van der Waals surface area (Å²) in [4.78, 5) is 7.91. The number of hydrogen-bond donors (Lipinski definition) is 2. The van der Waals surface area contributed by atoms with Crippen molar-refractivity contribution in [2.45, 2.75) is 39.8 Å². The van der Waals surface area contributed by atoms with Gasteiger partial charge in [0, 0.05) is 36.5 Å². The van der Waals surface area contributed by atoms with Gasteiger partial charge in [-0.2, -0.15) is 0 Å². The Hall–Kier alpha value is -1.00. The molecule has 0 spiro atoms. The van der Waals surface area contributed by atoms with Gasteiger partial charge in [-0.25, -0.2) is 9.97 Å². The van der Waals surface area contributed by atoms with Crippen molar-refractivity contribution in [3.05, 3.63) is 24.3 Å². The molecule has 4 heteroatoms. The first kappa shape index (κ1) is 13.1. The highest BCUT2D eigenvalue weighted by molar-refractivity contribution is 5.01. The normalized spacial score (nSPS) is 16.8. The van der Waals surface area contributed by atoms with Crippen molar-refractivity contribution in [2.24, 2.45) is 5.41 Å². The van der Waals surface area contributed by atoms with E-state index in [4.69, 9.17) is 0 Å². The molecule has 0 aliphatic carbocycles. The summed E-state index contributed by atoms with van der Waals surface area (Å²) in [5, 5.41) is 13.0. The average Bonchev–Trinajstić information content (AvgIpc) is 2.30. The molecular weight excluding hydrogens is 202 g/mol. The fourth-order valence-corrected chi connectivity index (χ4v) is 1.48. The van der Waals surface area contributed by atoms with Gasteiger partial charge < -0.3 is 10.4 Å². The minimum Gasteiger partial charge on any atom is -0.393 e. The SMILES string of the molecule is CCC(C)(CNCc1cncnc1)C(C)O. The van der Waals surface area contributed by atoms with Crippen LogP contribution < -0.4 is 5.32 Å². The van der Waals surface area contributed by atoms with Gasteiger partial charge in [-0.1, -0.05) is 13.8 Å². The lowest BCUT2D eigenvalue weighted by atomic mass is 9.82. The zero-order valence-corrected chi connectivity index (χ0v) is 10.3. The van der Waals surface area contributed by atoms with Crippen LogP contribution in [-0.2, 0) is 6.54 Å². The lowest BCUT2D eigenvalue weighted by molar-refractivity contribution is 0.0489. The molecule has 2 N–H and O–H groups in total. The minimum absolute atomic E-state index is 0.0738. The van der Waals surface area contributed by atoms with Crippen LogP contribution in [0.25, 0.3) is 0 Å². The highest BCUT2D eigenvalue weighted by atomic mass is 16.3. The second kappa shape index (κ2) is 5.92. The van der Waals surface area contributed by atoms with E-state index in [-0.39, 0.29) is 11.5 Å². The summed E-state index contributed by atoms with van der Waals surface area (Å²) in [5.41, 5.74) is 0.988. The highest BCUT2D eigenvalue weighted by Crippen LogP contribution is 2.24. The molecule has 0 aromatic carbocycles. The number of aromatic nitrogens is 2. The van der Waals surface area contributed by atoms with Crippen LogP contribution in [0, 0.1) is 5.41 Å². The molecule has 2 atom stereocenters. The molecule has 0 aliphatic rings. The Balaban J connectivity index is 2.40. The summed E-state index contributed by atoms with van der Waals surface area (Å²) >= 11 is 0. The van der Waals surface area contributed by atoms with Crippen LogP contribution in [0.1, 0.15) is 32.8 Å². The number of aliphatic hydroxyl groups is 1. The van der Waals surface area contributed by atoms with Crippen LogP contribution in [0.15, 0.2) is 18.7 Å². The first-order valence-corrected chi connectivity index (χ1v) is 5.71. The number of aliphatic hydroxyl groups excluding tert-OH is 1. The summed E-state index contributed by atoms with van der Waals surface area (Å²) in [6, 6.07) is 0. The van der Waals surface area contributed by atoms with Crippen molar-refractivity contribution in [1.29, 1.82) is 0 Å². The summed E-state index contributed by atoms with van der Waals surface area (Å²) in [6.07, 6.45) is 5.76. The van der Waals surface area contributed by atoms with Crippen molar-refractivity contribution < 1.29 is 5.11 Å². The first-order valence-electron chi connectivity index (χ1n) is 5.71. The van der Waals surface area contributed by atoms with E-state index in [9.17, 15) is 5.11 Å². The Bertz CT molecular complexity index is 302. The fraction of sp³-hybridized carbons (Fsp3) is 0.667. The summed E-state index contributed by atoms with van der Waals surface area (Å²) in [5.74, 6) is 0. The van der Waals surface area contributed by atoms with Crippen LogP contribution in [0.2, 0.25) is 0 Å². The molecule has 1 aromatic rings. The Kier molecular flexibility index (Phi) is 4.83. The van der Waals surface area contributed by atoms with Crippen molar-refractivity contribution >= 4 is 0 Å². The average molecular weight is 223 g/mol. The number of nitrogens with one attached hydrogen (secondary N) is 1. The van der Waals surface area contributed by atoms with Crippen molar-refractivity contribution in [2.75, 3.05) is 6.54 Å². The van der Waals surface area contributed by atoms with E-state index in [1.165, 1.54) is 6.33 Å². The molecule has 90 valence electrons. The van der Waals surface area contributed by atoms with Crippen LogP contribution in [0.5, 0.6) is 0 Å². The molecule has 1 heterocycles. The van der Waals surface area contributed by atoms with Gasteiger partial charge in [0.05, 0.1) is 6.10 Å². The topological polar surface area (TPSA) is 58.0 Å². The monoisotopic (exact) mass is 223 g/mol. The second-order valence-electron chi connectivity index (χ2n) is 4.53. The second-order valence-corrected chi connectivity index (χ2v) is 4.53. The third-order valence-corrected chi connectivity index (χ3v) is 3.29. The maximum Gasteiger partial charge on any atom is 0.115 e. The maximum absolute atomic E-state index is 9.70. The Morgan fingerprint density at radius 2 is 2.06 bits per heavy atom.